The van der Waals surface area contributed by atoms with Crippen LogP contribution in [0.15, 0.2) is 24.3 Å². The third-order valence-corrected chi connectivity index (χ3v) is 3.89. The number of likely N-dealkylation sites (N-methyl/N-ethyl adjacent to an activating group) is 1. The largest absolute Gasteiger partial charge is 0.322 e. The summed E-state index contributed by atoms with van der Waals surface area (Å²) in [6.45, 7) is 5.56. The number of carbonyl (C=O) groups excluding carboxylic acids is 1. The Kier molecular flexibility index (Phi) is 4.98. The highest BCUT2D eigenvalue weighted by Crippen LogP contribution is 2.16. The maximum absolute atomic E-state index is 12.1. The molecule has 0 aliphatic carbocycles. The minimum absolute atomic E-state index is 0.00693. The second kappa shape index (κ2) is 6.72. The Morgan fingerprint density at radius 3 is 2.30 bits per heavy atom. The number of hydrogen-bond acceptors (Lipinski definition) is 3. The fourth-order valence-electron chi connectivity index (χ4n) is 2.23. The molecular weight excluding hydrogens is 252 g/mol. The third-order valence-electron chi connectivity index (χ3n) is 3.89. The molecular formula is C15H24N4O. The van der Waals surface area contributed by atoms with Crippen molar-refractivity contribution in [1.29, 1.82) is 0 Å². The van der Waals surface area contributed by atoms with Crippen LogP contribution in [0.5, 0.6) is 0 Å². The van der Waals surface area contributed by atoms with Gasteiger partial charge in [0.15, 0.2) is 0 Å². The van der Waals surface area contributed by atoms with Crippen LogP contribution in [0, 0.1) is 0 Å². The van der Waals surface area contributed by atoms with Crippen LogP contribution in [0.2, 0.25) is 0 Å². The molecule has 1 saturated heterocycles. The summed E-state index contributed by atoms with van der Waals surface area (Å²) < 4.78 is 0. The molecule has 110 valence electrons. The van der Waals surface area contributed by atoms with Crippen LogP contribution in [0.1, 0.15) is 18.5 Å². The normalized spacial score (nSPS) is 17.9. The van der Waals surface area contributed by atoms with E-state index in [0.717, 1.165) is 31.9 Å². The quantitative estimate of drug-likeness (QED) is 0.884. The zero-order valence-electron chi connectivity index (χ0n) is 12.5. The Morgan fingerprint density at radius 2 is 1.75 bits per heavy atom. The SMILES string of the molecule is CNC(C)c1ccc(NC(=O)N2CCN(C)CC2)cc1. The molecule has 0 radical (unpaired) electrons. The maximum Gasteiger partial charge on any atom is 0.321 e. The maximum atomic E-state index is 12.1. The zero-order valence-corrected chi connectivity index (χ0v) is 12.5. The number of piperazine rings is 1. The van der Waals surface area contributed by atoms with E-state index in [-0.39, 0.29) is 6.03 Å². The van der Waals surface area contributed by atoms with E-state index >= 15 is 0 Å². The predicted molar refractivity (Wildman–Crippen MR) is 82.0 cm³/mol. The molecule has 0 aromatic heterocycles. The lowest BCUT2D eigenvalue weighted by atomic mass is 10.1. The Bertz CT molecular complexity index is 438. The minimum Gasteiger partial charge on any atom is -0.322 e. The highest BCUT2D eigenvalue weighted by atomic mass is 16.2. The van der Waals surface area contributed by atoms with E-state index < -0.39 is 0 Å². The van der Waals surface area contributed by atoms with Crippen molar-refractivity contribution in [3.8, 4) is 0 Å². The van der Waals surface area contributed by atoms with Gasteiger partial charge < -0.3 is 20.4 Å². The molecule has 2 N–H and O–H groups in total. The van der Waals surface area contributed by atoms with Gasteiger partial charge >= 0.3 is 6.03 Å². The van der Waals surface area contributed by atoms with Gasteiger partial charge in [0.1, 0.15) is 0 Å². The molecule has 1 heterocycles. The van der Waals surface area contributed by atoms with Gasteiger partial charge in [-0.1, -0.05) is 12.1 Å². The van der Waals surface area contributed by atoms with Gasteiger partial charge in [0, 0.05) is 37.9 Å². The average molecular weight is 276 g/mol. The van der Waals surface area contributed by atoms with E-state index in [9.17, 15) is 4.79 Å². The van der Waals surface area contributed by atoms with Gasteiger partial charge in [-0.25, -0.2) is 4.79 Å². The van der Waals surface area contributed by atoms with Gasteiger partial charge in [-0.05, 0) is 38.7 Å². The van der Waals surface area contributed by atoms with Crippen LogP contribution in [0.4, 0.5) is 10.5 Å². The summed E-state index contributed by atoms with van der Waals surface area (Å²) in [5.41, 5.74) is 2.06. The van der Waals surface area contributed by atoms with Crippen LogP contribution in [-0.4, -0.2) is 56.1 Å². The molecule has 1 fully saturated rings. The van der Waals surface area contributed by atoms with Gasteiger partial charge in [0.2, 0.25) is 0 Å². The van der Waals surface area contributed by atoms with E-state index in [1.807, 2.05) is 36.2 Å². The number of benzene rings is 1. The van der Waals surface area contributed by atoms with Gasteiger partial charge in [0.05, 0.1) is 0 Å². The molecule has 5 nitrogen and oxygen atoms in total. The van der Waals surface area contributed by atoms with E-state index in [1.54, 1.807) is 0 Å². The van der Waals surface area contributed by atoms with Crippen molar-refractivity contribution in [3.05, 3.63) is 29.8 Å². The Morgan fingerprint density at radius 1 is 1.15 bits per heavy atom. The van der Waals surface area contributed by atoms with Gasteiger partial charge in [-0.15, -0.1) is 0 Å². The molecule has 2 amide bonds. The second-order valence-corrected chi connectivity index (χ2v) is 5.35. The van der Waals surface area contributed by atoms with E-state index in [1.165, 1.54) is 5.56 Å². The van der Waals surface area contributed by atoms with Gasteiger partial charge in [0.25, 0.3) is 0 Å². The lowest BCUT2D eigenvalue weighted by molar-refractivity contribution is 0.164. The number of nitrogens with zero attached hydrogens (tertiary/aromatic N) is 2. The van der Waals surface area contributed by atoms with Crippen molar-refractivity contribution < 1.29 is 4.79 Å². The number of urea groups is 1. The monoisotopic (exact) mass is 276 g/mol. The second-order valence-electron chi connectivity index (χ2n) is 5.35. The zero-order chi connectivity index (χ0) is 14.5. The van der Waals surface area contributed by atoms with Crippen LogP contribution < -0.4 is 10.6 Å². The molecule has 20 heavy (non-hydrogen) atoms. The van der Waals surface area contributed by atoms with Crippen molar-refractivity contribution in [3.63, 3.8) is 0 Å². The summed E-state index contributed by atoms with van der Waals surface area (Å²) in [4.78, 5) is 16.2. The summed E-state index contributed by atoms with van der Waals surface area (Å²) in [6, 6.07) is 8.31. The molecule has 0 bridgehead atoms. The van der Waals surface area contributed by atoms with E-state index in [4.69, 9.17) is 0 Å². The summed E-state index contributed by atoms with van der Waals surface area (Å²) in [5, 5.41) is 6.16. The number of rotatable bonds is 3. The highest BCUT2D eigenvalue weighted by Gasteiger charge is 2.18. The topological polar surface area (TPSA) is 47.6 Å². The molecule has 1 aromatic rings. The number of hydrogen-bond donors (Lipinski definition) is 2. The Labute approximate surface area is 120 Å². The first-order valence-electron chi connectivity index (χ1n) is 7.12. The van der Waals surface area contributed by atoms with E-state index in [2.05, 4.69) is 29.5 Å². The Balaban J connectivity index is 1.91. The summed E-state index contributed by atoms with van der Waals surface area (Å²) in [6.07, 6.45) is 0. The van der Waals surface area contributed by atoms with Gasteiger partial charge in [-0.3, -0.25) is 0 Å². The van der Waals surface area contributed by atoms with Crippen molar-refractivity contribution in [2.24, 2.45) is 0 Å². The Hall–Kier alpha value is -1.59. The lowest BCUT2D eigenvalue weighted by Crippen LogP contribution is -2.48. The number of amides is 2. The number of carbonyl (C=O) groups is 1. The first kappa shape index (κ1) is 14.8. The van der Waals surface area contributed by atoms with Crippen molar-refractivity contribution in [2.75, 3.05) is 45.6 Å². The summed E-state index contributed by atoms with van der Waals surface area (Å²) in [5.74, 6) is 0. The number of anilines is 1. The molecule has 1 unspecified atom stereocenters. The standard InChI is InChI=1S/C15H24N4O/c1-12(16-2)13-4-6-14(7-5-13)17-15(20)19-10-8-18(3)9-11-19/h4-7,12,16H,8-11H2,1-3H3,(H,17,20). The molecule has 0 spiro atoms. The van der Waals surface area contributed by atoms with Crippen molar-refractivity contribution >= 4 is 11.7 Å². The molecule has 1 aromatic carbocycles. The predicted octanol–water partition coefficient (Wildman–Crippen LogP) is 1.75. The van der Waals surface area contributed by atoms with Crippen molar-refractivity contribution in [1.82, 2.24) is 15.1 Å². The third kappa shape index (κ3) is 3.71. The summed E-state index contributed by atoms with van der Waals surface area (Å²) in [7, 11) is 4.02. The highest BCUT2D eigenvalue weighted by molar-refractivity contribution is 5.89. The van der Waals surface area contributed by atoms with Crippen molar-refractivity contribution in [2.45, 2.75) is 13.0 Å². The molecule has 5 heteroatoms. The number of nitrogens with one attached hydrogen (secondary N) is 2. The van der Waals surface area contributed by atoms with Crippen LogP contribution in [0.3, 0.4) is 0 Å². The van der Waals surface area contributed by atoms with Crippen LogP contribution in [0.25, 0.3) is 0 Å². The first-order valence-corrected chi connectivity index (χ1v) is 7.12. The first-order chi connectivity index (χ1) is 9.60. The lowest BCUT2D eigenvalue weighted by Gasteiger charge is -2.32. The molecule has 0 saturated carbocycles. The molecule has 1 aliphatic heterocycles. The molecule has 1 aliphatic rings. The average Bonchev–Trinajstić information content (AvgIpc) is 2.48. The smallest absolute Gasteiger partial charge is 0.321 e. The van der Waals surface area contributed by atoms with Crippen LogP contribution >= 0.6 is 0 Å². The fourth-order valence-corrected chi connectivity index (χ4v) is 2.23. The van der Waals surface area contributed by atoms with E-state index in [0.29, 0.717) is 6.04 Å². The van der Waals surface area contributed by atoms with Crippen LogP contribution in [-0.2, 0) is 0 Å². The summed E-state index contributed by atoms with van der Waals surface area (Å²) >= 11 is 0. The molecule has 2 rings (SSSR count). The molecule has 1 atom stereocenters. The fraction of sp³-hybridized carbons (Fsp3) is 0.533. The van der Waals surface area contributed by atoms with Gasteiger partial charge in [-0.2, -0.15) is 0 Å². The minimum atomic E-state index is -0.00693.